The molecule has 2 nitrogen and oxygen atoms in total. The molecule has 0 radical (unpaired) electrons. The van der Waals surface area contributed by atoms with Crippen molar-refractivity contribution in [3.8, 4) is 0 Å². The molecule has 2 rings (SSSR count). The number of hydrogen-bond donors (Lipinski definition) is 1. The molecule has 74 valence electrons. The van der Waals surface area contributed by atoms with Crippen LogP contribution in [0.15, 0.2) is 0 Å². The van der Waals surface area contributed by atoms with Crippen molar-refractivity contribution in [2.45, 2.75) is 44.4 Å². The maximum atomic E-state index is 11.4. The van der Waals surface area contributed by atoms with Crippen LogP contribution in [0.1, 0.15) is 33.1 Å². The average molecular weight is 199 g/mol. The summed E-state index contributed by atoms with van der Waals surface area (Å²) in [5, 5.41) is 3.84. The molecule has 0 aromatic heterocycles. The predicted molar refractivity (Wildman–Crippen MR) is 55.8 cm³/mol. The van der Waals surface area contributed by atoms with Crippen LogP contribution in [0.4, 0.5) is 0 Å². The van der Waals surface area contributed by atoms with Crippen molar-refractivity contribution in [1.29, 1.82) is 0 Å². The van der Waals surface area contributed by atoms with E-state index in [2.05, 4.69) is 19.2 Å². The SMILES string of the molecule is CCC1NC(=O)CC12CSC(C)C2. The molecule has 0 saturated carbocycles. The molecule has 0 aromatic carbocycles. The van der Waals surface area contributed by atoms with Crippen LogP contribution in [0.3, 0.4) is 0 Å². The molecule has 1 spiro atoms. The maximum absolute atomic E-state index is 11.4. The van der Waals surface area contributed by atoms with Gasteiger partial charge in [-0.3, -0.25) is 4.79 Å². The third-order valence-corrected chi connectivity index (χ3v) is 4.82. The number of carbonyl (C=O) groups excluding carboxylic acids is 1. The molecule has 3 unspecified atom stereocenters. The van der Waals surface area contributed by atoms with E-state index < -0.39 is 0 Å². The van der Waals surface area contributed by atoms with Crippen molar-refractivity contribution in [2.24, 2.45) is 5.41 Å². The van der Waals surface area contributed by atoms with E-state index in [1.54, 1.807) is 0 Å². The van der Waals surface area contributed by atoms with Gasteiger partial charge in [-0.1, -0.05) is 13.8 Å². The standard InChI is InChI=1S/C10H17NOS/c1-3-8-10(5-9(12)11-8)4-7(2)13-6-10/h7-8H,3-6H2,1-2H3,(H,11,12). The van der Waals surface area contributed by atoms with Crippen LogP contribution >= 0.6 is 11.8 Å². The summed E-state index contributed by atoms with van der Waals surface area (Å²) < 4.78 is 0. The van der Waals surface area contributed by atoms with Crippen LogP contribution < -0.4 is 5.32 Å². The first kappa shape index (κ1) is 9.38. The molecule has 13 heavy (non-hydrogen) atoms. The molecule has 2 saturated heterocycles. The number of thioether (sulfide) groups is 1. The Morgan fingerprint density at radius 2 is 2.46 bits per heavy atom. The summed E-state index contributed by atoms with van der Waals surface area (Å²) in [6.45, 7) is 4.45. The van der Waals surface area contributed by atoms with Gasteiger partial charge in [0.2, 0.25) is 5.91 Å². The number of rotatable bonds is 1. The molecule has 2 aliphatic heterocycles. The van der Waals surface area contributed by atoms with Crippen molar-refractivity contribution in [1.82, 2.24) is 5.32 Å². The van der Waals surface area contributed by atoms with Gasteiger partial charge in [-0.05, 0) is 12.8 Å². The van der Waals surface area contributed by atoms with Crippen LogP contribution in [0.25, 0.3) is 0 Å². The summed E-state index contributed by atoms with van der Waals surface area (Å²) in [5.74, 6) is 1.44. The zero-order chi connectivity index (χ0) is 9.47. The summed E-state index contributed by atoms with van der Waals surface area (Å²) in [6, 6.07) is 0.442. The Morgan fingerprint density at radius 1 is 1.69 bits per heavy atom. The fraction of sp³-hybridized carbons (Fsp3) is 0.900. The normalized spacial score (nSPS) is 44.3. The van der Waals surface area contributed by atoms with E-state index in [0.717, 1.165) is 18.1 Å². The molecule has 2 fully saturated rings. The molecule has 0 bridgehead atoms. The van der Waals surface area contributed by atoms with Crippen LogP contribution in [0, 0.1) is 5.41 Å². The van der Waals surface area contributed by atoms with Gasteiger partial charge in [-0.2, -0.15) is 11.8 Å². The second-order valence-electron chi connectivity index (χ2n) is 4.39. The van der Waals surface area contributed by atoms with Gasteiger partial charge < -0.3 is 5.32 Å². The third-order valence-electron chi connectivity index (χ3n) is 3.34. The quantitative estimate of drug-likeness (QED) is 0.697. The van der Waals surface area contributed by atoms with Crippen LogP contribution in [0.2, 0.25) is 0 Å². The summed E-state index contributed by atoms with van der Waals surface area (Å²) in [7, 11) is 0. The maximum Gasteiger partial charge on any atom is 0.220 e. The highest BCUT2D eigenvalue weighted by Gasteiger charge is 2.49. The number of nitrogens with one attached hydrogen (secondary N) is 1. The lowest BCUT2D eigenvalue weighted by Gasteiger charge is -2.28. The van der Waals surface area contributed by atoms with Crippen LogP contribution in [-0.2, 0) is 4.79 Å². The van der Waals surface area contributed by atoms with E-state index in [9.17, 15) is 4.79 Å². The van der Waals surface area contributed by atoms with Gasteiger partial charge in [0.15, 0.2) is 0 Å². The highest BCUT2D eigenvalue weighted by atomic mass is 32.2. The fourth-order valence-corrected chi connectivity index (χ4v) is 4.23. The molecule has 2 heterocycles. The monoisotopic (exact) mass is 199 g/mol. The summed E-state index contributed by atoms with van der Waals surface area (Å²) in [6.07, 6.45) is 3.07. The molecule has 2 aliphatic rings. The van der Waals surface area contributed by atoms with Gasteiger partial charge in [-0.15, -0.1) is 0 Å². The minimum Gasteiger partial charge on any atom is -0.353 e. The molecule has 3 heteroatoms. The van der Waals surface area contributed by atoms with E-state index in [0.29, 0.717) is 11.5 Å². The molecule has 0 aliphatic carbocycles. The van der Waals surface area contributed by atoms with Crippen molar-refractivity contribution >= 4 is 17.7 Å². The summed E-state index contributed by atoms with van der Waals surface area (Å²) >= 11 is 2.02. The first-order valence-corrected chi connectivity index (χ1v) is 6.12. The predicted octanol–water partition coefficient (Wildman–Crippen LogP) is 1.80. The highest BCUT2D eigenvalue weighted by Crippen LogP contribution is 2.49. The topological polar surface area (TPSA) is 29.1 Å². The second kappa shape index (κ2) is 3.19. The van der Waals surface area contributed by atoms with Gasteiger partial charge >= 0.3 is 0 Å². The van der Waals surface area contributed by atoms with Crippen molar-refractivity contribution in [3.05, 3.63) is 0 Å². The van der Waals surface area contributed by atoms with Gasteiger partial charge in [0.25, 0.3) is 0 Å². The Kier molecular flexibility index (Phi) is 2.30. The van der Waals surface area contributed by atoms with Gasteiger partial charge in [0.1, 0.15) is 0 Å². The third kappa shape index (κ3) is 1.47. The largest absolute Gasteiger partial charge is 0.353 e. The zero-order valence-corrected chi connectivity index (χ0v) is 9.12. The van der Waals surface area contributed by atoms with E-state index >= 15 is 0 Å². The lowest BCUT2D eigenvalue weighted by molar-refractivity contribution is -0.119. The second-order valence-corrected chi connectivity index (χ2v) is 5.82. The molecule has 3 atom stereocenters. The average Bonchev–Trinajstić information content (AvgIpc) is 2.57. The first-order chi connectivity index (χ1) is 6.16. The van der Waals surface area contributed by atoms with Crippen LogP contribution in [0.5, 0.6) is 0 Å². The Labute approximate surface area is 83.8 Å². The minimum absolute atomic E-state index is 0.265. The fourth-order valence-electron chi connectivity index (χ4n) is 2.74. The smallest absolute Gasteiger partial charge is 0.220 e. The van der Waals surface area contributed by atoms with Gasteiger partial charge in [-0.25, -0.2) is 0 Å². The zero-order valence-electron chi connectivity index (χ0n) is 8.30. The Balaban J connectivity index is 2.16. The highest BCUT2D eigenvalue weighted by molar-refractivity contribution is 8.00. The van der Waals surface area contributed by atoms with E-state index in [4.69, 9.17) is 0 Å². The molecular weight excluding hydrogens is 182 g/mol. The van der Waals surface area contributed by atoms with Crippen molar-refractivity contribution < 1.29 is 4.79 Å². The Bertz CT molecular complexity index is 231. The first-order valence-electron chi connectivity index (χ1n) is 5.07. The molecule has 1 amide bonds. The van der Waals surface area contributed by atoms with Crippen molar-refractivity contribution in [2.75, 3.05) is 5.75 Å². The van der Waals surface area contributed by atoms with Crippen molar-refractivity contribution in [3.63, 3.8) is 0 Å². The molecular formula is C10H17NOS. The Hall–Kier alpha value is -0.180. The minimum atomic E-state index is 0.265. The summed E-state index contributed by atoms with van der Waals surface area (Å²) in [4.78, 5) is 11.4. The van der Waals surface area contributed by atoms with E-state index in [1.165, 1.54) is 12.2 Å². The molecule has 0 aromatic rings. The Morgan fingerprint density at radius 3 is 3.00 bits per heavy atom. The van der Waals surface area contributed by atoms with E-state index in [1.807, 2.05) is 11.8 Å². The number of carbonyl (C=O) groups is 1. The number of amides is 1. The lowest BCUT2D eigenvalue weighted by Crippen LogP contribution is -2.36. The molecule has 1 N–H and O–H groups in total. The van der Waals surface area contributed by atoms with Gasteiger partial charge in [0.05, 0.1) is 0 Å². The van der Waals surface area contributed by atoms with Crippen LogP contribution in [-0.4, -0.2) is 23.0 Å². The van der Waals surface area contributed by atoms with Gasteiger partial charge in [0, 0.05) is 28.9 Å². The summed E-state index contributed by atoms with van der Waals surface area (Å²) in [5.41, 5.74) is 0.302. The van der Waals surface area contributed by atoms with E-state index in [-0.39, 0.29) is 5.91 Å². The number of hydrogen-bond acceptors (Lipinski definition) is 2. The lowest BCUT2D eigenvalue weighted by atomic mass is 9.77.